The summed E-state index contributed by atoms with van der Waals surface area (Å²) in [5.41, 5.74) is -0.962. The molecular weight excluding hydrogens is 274 g/mol. The monoisotopic (exact) mass is 299 g/mol. The first-order valence-electron chi connectivity index (χ1n) is 7.10. The largest absolute Gasteiger partial charge is 0.481 e. The van der Waals surface area contributed by atoms with Crippen molar-refractivity contribution >= 4 is 12.1 Å². The fourth-order valence-corrected chi connectivity index (χ4v) is 2.38. The van der Waals surface area contributed by atoms with Crippen molar-refractivity contribution in [1.82, 2.24) is 5.32 Å². The van der Waals surface area contributed by atoms with Gasteiger partial charge in [-0.25, -0.2) is 4.79 Å². The van der Waals surface area contributed by atoms with E-state index in [9.17, 15) is 14.7 Å². The fourth-order valence-electron chi connectivity index (χ4n) is 2.38. The Morgan fingerprint density at radius 3 is 2.57 bits per heavy atom. The second kappa shape index (κ2) is 6.47. The van der Waals surface area contributed by atoms with Crippen LogP contribution in [0.15, 0.2) is 11.6 Å². The third-order valence-electron chi connectivity index (χ3n) is 3.44. The minimum absolute atomic E-state index is 0.105. The number of hydrogen-bond donors (Lipinski definition) is 2. The highest BCUT2D eigenvalue weighted by Crippen LogP contribution is 2.39. The smallest absolute Gasteiger partial charge is 0.408 e. The summed E-state index contributed by atoms with van der Waals surface area (Å²) in [5, 5.41) is 12.2. The molecule has 6 heteroatoms. The van der Waals surface area contributed by atoms with Crippen molar-refractivity contribution in [1.29, 1.82) is 0 Å². The van der Waals surface area contributed by atoms with Gasteiger partial charge in [-0.2, -0.15) is 0 Å². The van der Waals surface area contributed by atoms with Gasteiger partial charge in [-0.15, -0.1) is 0 Å². The van der Waals surface area contributed by atoms with Crippen LogP contribution in [0.3, 0.4) is 0 Å². The molecule has 0 saturated carbocycles. The van der Waals surface area contributed by atoms with Crippen LogP contribution in [-0.2, 0) is 14.3 Å². The SMILES string of the molecule is CCOC[C@@]1(C(=O)O)C[C@H](NC(=O)OC(C)(C)C)C=C1C. The second-order valence-electron chi connectivity index (χ2n) is 6.33. The van der Waals surface area contributed by atoms with Crippen molar-refractivity contribution in [3.05, 3.63) is 11.6 Å². The quantitative estimate of drug-likeness (QED) is 0.761. The third kappa shape index (κ3) is 4.46. The van der Waals surface area contributed by atoms with E-state index in [1.54, 1.807) is 33.8 Å². The van der Waals surface area contributed by atoms with Crippen molar-refractivity contribution in [2.24, 2.45) is 5.41 Å². The Kier molecular flexibility index (Phi) is 5.39. The maximum atomic E-state index is 11.8. The summed E-state index contributed by atoms with van der Waals surface area (Å²) in [6.07, 6.45) is 1.49. The van der Waals surface area contributed by atoms with Crippen LogP contribution < -0.4 is 5.32 Å². The van der Waals surface area contributed by atoms with Gasteiger partial charge in [0.1, 0.15) is 11.0 Å². The molecule has 0 aromatic heterocycles. The molecular formula is C15H25NO5. The van der Waals surface area contributed by atoms with Gasteiger partial charge in [0.2, 0.25) is 0 Å². The number of alkyl carbamates (subject to hydrolysis) is 1. The Morgan fingerprint density at radius 1 is 1.48 bits per heavy atom. The van der Waals surface area contributed by atoms with E-state index in [2.05, 4.69) is 5.32 Å². The molecule has 0 bridgehead atoms. The zero-order valence-electron chi connectivity index (χ0n) is 13.4. The molecule has 0 unspecified atom stereocenters. The third-order valence-corrected chi connectivity index (χ3v) is 3.44. The van der Waals surface area contributed by atoms with E-state index in [1.807, 2.05) is 6.92 Å². The lowest BCUT2D eigenvalue weighted by atomic mass is 9.82. The van der Waals surface area contributed by atoms with Crippen LogP contribution in [0.25, 0.3) is 0 Å². The summed E-state index contributed by atoms with van der Waals surface area (Å²) in [6, 6.07) is -0.364. The predicted molar refractivity (Wildman–Crippen MR) is 78.1 cm³/mol. The average molecular weight is 299 g/mol. The fraction of sp³-hybridized carbons (Fsp3) is 0.733. The number of hydrogen-bond acceptors (Lipinski definition) is 4. The molecule has 0 aliphatic heterocycles. The first-order chi connectivity index (χ1) is 9.60. The summed E-state index contributed by atoms with van der Waals surface area (Å²) in [7, 11) is 0. The molecule has 21 heavy (non-hydrogen) atoms. The lowest BCUT2D eigenvalue weighted by Crippen LogP contribution is -2.41. The number of rotatable bonds is 5. The van der Waals surface area contributed by atoms with Crippen LogP contribution in [0.4, 0.5) is 4.79 Å². The van der Waals surface area contributed by atoms with E-state index in [0.29, 0.717) is 12.2 Å². The number of carbonyl (C=O) groups excluding carboxylic acids is 1. The summed E-state index contributed by atoms with van der Waals surface area (Å²) < 4.78 is 10.5. The molecule has 0 aromatic carbocycles. The Labute approximate surface area is 125 Å². The molecule has 1 amide bonds. The minimum atomic E-state index is -1.07. The van der Waals surface area contributed by atoms with E-state index in [4.69, 9.17) is 9.47 Å². The number of ether oxygens (including phenoxy) is 2. The Morgan fingerprint density at radius 2 is 2.10 bits per heavy atom. The highest BCUT2D eigenvalue weighted by Gasteiger charge is 2.46. The van der Waals surface area contributed by atoms with Crippen molar-refractivity contribution in [2.75, 3.05) is 13.2 Å². The van der Waals surface area contributed by atoms with Crippen molar-refractivity contribution in [3.8, 4) is 0 Å². The van der Waals surface area contributed by atoms with Crippen LogP contribution >= 0.6 is 0 Å². The summed E-state index contributed by atoms with van der Waals surface area (Å²) in [5.74, 6) is -0.932. The van der Waals surface area contributed by atoms with Gasteiger partial charge >= 0.3 is 12.1 Å². The number of carbonyl (C=O) groups is 2. The Bertz CT molecular complexity index is 438. The molecule has 6 nitrogen and oxygen atoms in total. The zero-order valence-corrected chi connectivity index (χ0v) is 13.4. The van der Waals surface area contributed by atoms with Crippen molar-refractivity contribution in [3.63, 3.8) is 0 Å². The molecule has 120 valence electrons. The van der Waals surface area contributed by atoms with Crippen molar-refractivity contribution in [2.45, 2.75) is 52.7 Å². The highest BCUT2D eigenvalue weighted by atomic mass is 16.6. The molecule has 2 N–H and O–H groups in total. The predicted octanol–water partition coefficient (Wildman–Crippen LogP) is 2.34. The standard InChI is InChI=1S/C15H25NO5/c1-6-20-9-15(12(17)18)8-11(7-10(15)2)16-13(19)21-14(3,4)5/h7,11H,6,8-9H2,1-5H3,(H,16,19)(H,17,18)/t11-,15+/m1/s1. The van der Waals surface area contributed by atoms with Gasteiger partial charge in [-0.3, -0.25) is 4.79 Å². The summed E-state index contributed by atoms with van der Waals surface area (Å²) in [4.78, 5) is 23.4. The molecule has 0 aromatic rings. The number of nitrogens with one attached hydrogen (secondary N) is 1. The van der Waals surface area contributed by atoms with Gasteiger partial charge in [0.05, 0.1) is 12.6 Å². The Hall–Kier alpha value is -1.56. The topological polar surface area (TPSA) is 84.9 Å². The van der Waals surface area contributed by atoms with Crippen LogP contribution in [0.5, 0.6) is 0 Å². The molecule has 0 radical (unpaired) electrons. The molecule has 0 heterocycles. The zero-order chi connectivity index (χ0) is 16.3. The minimum Gasteiger partial charge on any atom is -0.481 e. The van der Waals surface area contributed by atoms with Gasteiger partial charge < -0.3 is 19.9 Å². The van der Waals surface area contributed by atoms with Gasteiger partial charge in [-0.05, 0) is 41.0 Å². The first kappa shape index (κ1) is 17.5. The van der Waals surface area contributed by atoms with Gasteiger partial charge in [0.15, 0.2) is 0 Å². The van der Waals surface area contributed by atoms with Gasteiger partial charge in [0, 0.05) is 6.61 Å². The lowest BCUT2D eigenvalue weighted by Gasteiger charge is -2.27. The van der Waals surface area contributed by atoms with Crippen LogP contribution in [-0.4, -0.2) is 42.0 Å². The van der Waals surface area contributed by atoms with Gasteiger partial charge in [-0.1, -0.05) is 11.6 Å². The van der Waals surface area contributed by atoms with E-state index in [1.165, 1.54) is 0 Å². The normalized spacial score (nSPS) is 25.4. The molecule has 2 atom stereocenters. The maximum Gasteiger partial charge on any atom is 0.408 e. The number of aliphatic carboxylic acids is 1. The maximum absolute atomic E-state index is 11.8. The number of carboxylic acids is 1. The molecule has 0 spiro atoms. The molecule has 1 rings (SSSR count). The van der Waals surface area contributed by atoms with E-state index in [-0.39, 0.29) is 19.1 Å². The highest BCUT2D eigenvalue weighted by molar-refractivity contribution is 5.80. The Balaban J connectivity index is 2.74. The number of carboxylic acid groups (broad SMARTS) is 1. The summed E-state index contributed by atoms with van der Waals surface area (Å²) >= 11 is 0. The van der Waals surface area contributed by atoms with Crippen molar-refractivity contribution < 1.29 is 24.2 Å². The summed E-state index contributed by atoms with van der Waals surface area (Å²) in [6.45, 7) is 9.46. The van der Waals surface area contributed by atoms with E-state index < -0.39 is 23.1 Å². The lowest BCUT2D eigenvalue weighted by molar-refractivity contribution is -0.150. The molecule has 1 aliphatic carbocycles. The second-order valence-corrected chi connectivity index (χ2v) is 6.33. The first-order valence-corrected chi connectivity index (χ1v) is 7.10. The van der Waals surface area contributed by atoms with Gasteiger partial charge in [0.25, 0.3) is 0 Å². The van der Waals surface area contributed by atoms with Crippen LogP contribution in [0, 0.1) is 5.41 Å². The van der Waals surface area contributed by atoms with E-state index >= 15 is 0 Å². The van der Waals surface area contributed by atoms with E-state index in [0.717, 1.165) is 0 Å². The molecule has 0 saturated heterocycles. The molecule has 0 fully saturated rings. The van der Waals surface area contributed by atoms with Crippen LogP contribution in [0.2, 0.25) is 0 Å². The molecule has 1 aliphatic rings. The van der Waals surface area contributed by atoms with Crippen LogP contribution in [0.1, 0.15) is 41.0 Å². The average Bonchev–Trinajstić information content (AvgIpc) is 2.61. The number of amides is 1.